The summed E-state index contributed by atoms with van der Waals surface area (Å²) in [6, 6.07) is 0. The maximum absolute atomic E-state index is 4.34. The molecule has 0 atom stereocenters. The molecule has 0 saturated carbocycles. The summed E-state index contributed by atoms with van der Waals surface area (Å²) in [5, 5.41) is 3.21. The maximum atomic E-state index is 4.34. The lowest BCUT2D eigenvalue weighted by molar-refractivity contribution is 0.710. The summed E-state index contributed by atoms with van der Waals surface area (Å²) in [6.45, 7) is 5.95. The maximum Gasteiger partial charge on any atom is 0.163 e. The zero-order valence-electron chi connectivity index (χ0n) is 9.47. The first-order valence-electron chi connectivity index (χ1n) is 5.40. The lowest BCUT2D eigenvalue weighted by Gasteiger charge is -2.04. The molecule has 2 aromatic heterocycles. The highest BCUT2D eigenvalue weighted by Crippen LogP contribution is 2.15. The molecule has 16 heavy (non-hydrogen) atoms. The van der Waals surface area contributed by atoms with Crippen LogP contribution in [0.1, 0.15) is 25.4 Å². The number of aromatic nitrogens is 4. The van der Waals surface area contributed by atoms with Crippen LogP contribution in [0.15, 0.2) is 12.4 Å². The minimum absolute atomic E-state index is 0.736. The van der Waals surface area contributed by atoms with Gasteiger partial charge in [-0.05, 0) is 13.8 Å². The molecule has 2 heterocycles. The average molecular weight is 237 g/mol. The average Bonchev–Trinajstić information content (AvgIpc) is 2.89. The summed E-state index contributed by atoms with van der Waals surface area (Å²) in [4.78, 5) is 4.34. The summed E-state index contributed by atoms with van der Waals surface area (Å²) in [5.74, 6) is 1.92. The number of aryl methyl sites for hydroxylation is 1. The third-order valence-corrected chi connectivity index (χ3v) is 2.93. The van der Waals surface area contributed by atoms with E-state index in [1.54, 1.807) is 0 Å². The van der Waals surface area contributed by atoms with E-state index in [4.69, 9.17) is 0 Å². The molecule has 2 rings (SSSR count). The highest BCUT2D eigenvalue weighted by Gasteiger charge is 2.10. The zero-order chi connectivity index (χ0) is 11.4. The summed E-state index contributed by atoms with van der Waals surface area (Å²) >= 11 is 1.24. The molecule has 0 bridgehead atoms. The van der Waals surface area contributed by atoms with Gasteiger partial charge in [0.2, 0.25) is 0 Å². The third-order valence-electron chi connectivity index (χ3n) is 2.37. The van der Waals surface area contributed by atoms with Gasteiger partial charge in [-0.3, -0.25) is 0 Å². The van der Waals surface area contributed by atoms with Gasteiger partial charge in [0.1, 0.15) is 11.5 Å². The molecule has 86 valence electrons. The standard InChI is InChI=1S/C10H15N5S/c1-3-11-10-8(13-16-14-10)7-9-12-5-6-15(9)4-2/h5-6H,3-4,7H2,1-2H3,(H,11,14). The van der Waals surface area contributed by atoms with Crippen LogP contribution in [0.3, 0.4) is 0 Å². The number of nitrogens with one attached hydrogen (secondary N) is 1. The molecule has 0 radical (unpaired) electrons. The van der Waals surface area contributed by atoms with Gasteiger partial charge in [0.25, 0.3) is 0 Å². The predicted octanol–water partition coefficient (Wildman–Crippen LogP) is 1.78. The van der Waals surface area contributed by atoms with Gasteiger partial charge in [0, 0.05) is 25.5 Å². The fourth-order valence-corrected chi connectivity index (χ4v) is 2.11. The predicted molar refractivity (Wildman–Crippen MR) is 64.8 cm³/mol. The Morgan fingerprint density at radius 1 is 1.38 bits per heavy atom. The lowest BCUT2D eigenvalue weighted by atomic mass is 10.3. The van der Waals surface area contributed by atoms with Gasteiger partial charge in [-0.1, -0.05) is 0 Å². The van der Waals surface area contributed by atoms with E-state index in [0.29, 0.717) is 0 Å². The number of rotatable bonds is 5. The molecule has 0 aliphatic heterocycles. The minimum atomic E-state index is 0.736. The molecule has 5 nitrogen and oxygen atoms in total. The first-order valence-corrected chi connectivity index (χ1v) is 6.13. The number of nitrogens with zero attached hydrogens (tertiary/aromatic N) is 4. The van der Waals surface area contributed by atoms with Crippen LogP contribution in [0.2, 0.25) is 0 Å². The van der Waals surface area contributed by atoms with Crippen molar-refractivity contribution in [3.63, 3.8) is 0 Å². The van der Waals surface area contributed by atoms with Crippen LogP contribution in [-0.4, -0.2) is 24.8 Å². The molecule has 1 N–H and O–H groups in total. The lowest BCUT2D eigenvalue weighted by Crippen LogP contribution is -2.05. The highest BCUT2D eigenvalue weighted by atomic mass is 32.1. The van der Waals surface area contributed by atoms with Crippen LogP contribution < -0.4 is 5.32 Å². The topological polar surface area (TPSA) is 55.6 Å². The van der Waals surface area contributed by atoms with Gasteiger partial charge in [0.15, 0.2) is 5.82 Å². The van der Waals surface area contributed by atoms with Crippen molar-refractivity contribution in [2.75, 3.05) is 11.9 Å². The Labute approximate surface area is 98.9 Å². The summed E-state index contributed by atoms with van der Waals surface area (Å²) < 4.78 is 10.6. The smallest absolute Gasteiger partial charge is 0.163 e. The Kier molecular flexibility index (Phi) is 3.51. The van der Waals surface area contributed by atoms with Crippen molar-refractivity contribution in [2.24, 2.45) is 0 Å². The first-order chi connectivity index (χ1) is 7.85. The number of anilines is 1. The van der Waals surface area contributed by atoms with Gasteiger partial charge in [-0.15, -0.1) is 0 Å². The van der Waals surface area contributed by atoms with Crippen LogP contribution >= 0.6 is 11.7 Å². The van der Waals surface area contributed by atoms with Crippen LogP contribution in [0, 0.1) is 0 Å². The van der Waals surface area contributed by atoms with Crippen LogP contribution in [-0.2, 0) is 13.0 Å². The Morgan fingerprint density at radius 3 is 3.00 bits per heavy atom. The van der Waals surface area contributed by atoms with Crippen molar-refractivity contribution in [2.45, 2.75) is 26.8 Å². The quantitative estimate of drug-likeness (QED) is 0.861. The van der Waals surface area contributed by atoms with Crippen molar-refractivity contribution in [1.82, 2.24) is 18.3 Å². The molecule has 0 aliphatic rings. The van der Waals surface area contributed by atoms with Gasteiger partial charge in [0.05, 0.1) is 18.1 Å². The van der Waals surface area contributed by atoms with E-state index in [-0.39, 0.29) is 0 Å². The van der Waals surface area contributed by atoms with Crippen molar-refractivity contribution in [3.8, 4) is 0 Å². The first kappa shape index (κ1) is 11.1. The van der Waals surface area contributed by atoms with E-state index in [1.165, 1.54) is 11.7 Å². The second-order valence-corrected chi connectivity index (χ2v) is 3.92. The van der Waals surface area contributed by atoms with E-state index in [1.807, 2.05) is 12.4 Å². The fourth-order valence-electron chi connectivity index (χ4n) is 1.57. The van der Waals surface area contributed by atoms with Crippen molar-refractivity contribution >= 4 is 17.5 Å². The van der Waals surface area contributed by atoms with E-state index in [2.05, 4.69) is 37.5 Å². The fraction of sp³-hybridized carbons (Fsp3) is 0.500. The van der Waals surface area contributed by atoms with Gasteiger partial charge < -0.3 is 9.88 Å². The normalized spacial score (nSPS) is 10.6. The molecular weight excluding hydrogens is 222 g/mol. The van der Waals surface area contributed by atoms with Gasteiger partial charge in [-0.2, -0.15) is 8.75 Å². The molecule has 0 aliphatic carbocycles. The molecular formula is C10H15N5S. The molecule has 0 fully saturated rings. The van der Waals surface area contributed by atoms with Crippen LogP contribution in [0.4, 0.5) is 5.82 Å². The summed E-state index contributed by atoms with van der Waals surface area (Å²) in [5.41, 5.74) is 0.979. The second kappa shape index (κ2) is 5.07. The summed E-state index contributed by atoms with van der Waals surface area (Å²) in [6.07, 6.45) is 4.55. The summed E-state index contributed by atoms with van der Waals surface area (Å²) in [7, 11) is 0. The highest BCUT2D eigenvalue weighted by molar-refractivity contribution is 6.99. The van der Waals surface area contributed by atoms with Crippen molar-refractivity contribution in [3.05, 3.63) is 23.9 Å². The van der Waals surface area contributed by atoms with Crippen molar-refractivity contribution < 1.29 is 0 Å². The SMILES string of the molecule is CCNc1nsnc1Cc1nccn1CC. The van der Waals surface area contributed by atoms with Crippen LogP contribution in [0.25, 0.3) is 0 Å². The van der Waals surface area contributed by atoms with E-state index >= 15 is 0 Å². The second-order valence-electron chi connectivity index (χ2n) is 3.40. The Bertz CT molecular complexity index is 448. The van der Waals surface area contributed by atoms with Gasteiger partial charge >= 0.3 is 0 Å². The Balaban J connectivity index is 2.17. The molecule has 0 aromatic carbocycles. The molecule has 6 heteroatoms. The third kappa shape index (κ3) is 2.21. The number of hydrogen-bond donors (Lipinski definition) is 1. The van der Waals surface area contributed by atoms with E-state index < -0.39 is 0 Å². The minimum Gasteiger partial charge on any atom is -0.368 e. The van der Waals surface area contributed by atoms with E-state index in [0.717, 1.165) is 36.8 Å². The number of hydrogen-bond acceptors (Lipinski definition) is 5. The van der Waals surface area contributed by atoms with Crippen molar-refractivity contribution in [1.29, 1.82) is 0 Å². The zero-order valence-corrected chi connectivity index (χ0v) is 10.3. The molecule has 0 saturated heterocycles. The molecule has 0 spiro atoms. The van der Waals surface area contributed by atoms with E-state index in [9.17, 15) is 0 Å². The Hall–Kier alpha value is -1.43. The molecule has 2 aromatic rings. The largest absolute Gasteiger partial charge is 0.368 e. The number of imidazole rings is 1. The Morgan fingerprint density at radius 2 is 2.25 bits per heavy atom. The molecule has 0 unspecified atom stereocenters. The molecule has 0 amide bonds. The van der Waals surface area contributed by atoms with Gasteiger partial charge in [-0.25, -0.2) is 4.98 Å². The van der Waals surface area contributed by atoms with Crippen LogP contribution in [0.5, 0.6) is 0 Å². The monoisotopic (exact) mass is 237 g/mol.